The average molecular weight is 227 g/mol. The fourth-order valence-electron chi connectivity index (χ4n) is 0.970. The summed E-state index contributed by atoms with van der Waals surface area (Å²) >= 11 is 2.96. The Hall–Kier alpha value is -0.980. The third-order valence-electron chi connectivity index (χ3n) is 1.67. The van der Waals surface area contributed by atoms with E-state index in [9.17, 15) is 0 Å². The maximum Gasteiger partial charge on any atom is 0.225 e. The lowest BCUT2D eigenvalue weighted by atomic mass is 10.5. The number of methoxy groups -OCH3 is 1. The number of hydrogen-bond acceptors (Lipinski definition) is 6. The molecular formula is C8H9N3OS2. The first-order chi connectivity index (χ1) is 6.83. The molecule has 2 aromatic rings. The molecule has 0 saturated carbocycles. The number of aromatic nitrogens is 2. The van der Waals surface area contributed by atoms with Crippen LogP contribution in [0.1, 0.15) is 5.69 Å². The molecule has 0 atom stereocenters. The normalized spacial score (nSPS) is 10.4. The van der Waals surface area contributed by atoms with Gasteiger partial charge in [0.05, 0.1) is 17.7 Å². The van der Waals surface area contributed by atoms with Crippen LogP contribution >= 0.6 is 22.9 Å². The summed E-state index contributed by atoms with van der Waals surface area (Å²) in [5, 5.41) is 2.91. The molecule has 0 bridgehead atoms. The summed E-state index contributed by atoms with van der Waals surface area (Å²) < 4.78 is 9.10. The fourth-order valence-corrected chi connectivity index (χ4v) is 2.56. The van der Waals surface area contributed by atoms with E-state index in [1.54, 1.807) is 18.4 Å². The van der Waals surface area contributed by atoms with Gasteiger partial charge < -0.3 is 10.5 Å². The van der Waals surface area contributed by atoms with Crippen molar-refractivity contribution in [3.05, 3.63) is 17.1 Å². The molecule has 0 aliphatic rings. The lowest BCUT2D eigenvalue weighted by Crippen LogP contribution is -1.95. The topological polar surface area (TPSA) is 61.0 Å². The minimum Gasteiger partial charge on any atom is -0.480 e. The second-order valence-electron chi connectivity index (χ2n) is 2.58. The Balaban J connectivity index is 2.29. The van der Waals surface area contributed by atoms with Crippen molar-refractivity contribution in [3.63, 3.8) is 0 Å². The van der Waals surface area contributed by atoms with Gasteiger partial charge >= 0.3 is 0 Å². The van der Waals surface area contributed by atoms with Crippen molar-refractivity contribution in [2.75, 3.05) is 7.11 Å². The molecule has 0 unspecified atom stereocenters. The van der Waals surface area contributed by atoms with Crippen molar-refractivity contribution in [2.45, 2.75) is 6.54 Å². The van der Waals surface area contributed by atoms with Crippen molar-refractivity contribution in [3.8, 4) is 15.8 Å². The Morgan fingerprint density at radius 1 is 1.57 bits per heavy atom. The standard InChI is InChI=1S/C8H9N3OS2/c1-12-7-2-6(14-11-7)8-10-5(3-9)4-13-8/h2,4H,3,9H2,1H3. The Morgan fingerprint density at radius 3 is 3.00 bits per heavy atom. The van der Waals surface area contributed by atoms with Crippen LogP contribution in [0, 0.1) is 0 Å². The lowest BCUT2D eigenvalue weighted by Gasteiger charge is -1.87. The Bertz CT molecular complexity index is 383. The number of nitrogens with two attached hydrogens (primary N) is 1. The zero-order valence-electron chi connectivity index (χ0n) is 7.56. The van der Waals surface area contributed by atoms with Gasteiger partial charge in [-0.3, -0.25) is 0 Å². The Morgan fingerprint density at radius 2 is 2.43 bits per heavy atom. The lowest BCUT2D eigenvalue weighted by molar-refractivity contribution is 0.403. The highest BCUT2D eigenvalue weighted by Crippen LogP contribution is 2.30. The number of hydrogen-bond donors (Lipinski definition) is 1. The summed E-state index contributed by atoms with van der Waals surface area (Å²) in [6.07, 6.45) is 0. The van der Waals surface area contributed by atoms with Gasteiger partial charge in [0.1, 0.15) is 5.01 Å². The predicted molar refractivity (Wildman–Crippen MR) is 57.7 cm³/mol. The number of nitrogens with zero attached hydrogens (tertiary/aromatic N) is 2. The Kier molecular flexibility index (Phi) is 2.76. The molecule has 74 valence electrons. The van der Waals surface area contributed by atoms with Gasteiger partial charge in [-0.25, -0.2) is 4.98 Å². The molecule has 0 fully saturated rings. The van der Waals surface area contributed by atoms with E-state index in [1.165, 1.54) is 11.5 Å². The van der Waals surface area contributed by atoms with Gasteiger partial charge in [-0.1, -0.05) is 0 Å². The molecule has 14 heavy (non-hydrogen) atoms. The fraction of sp³-hybridized carbons (Fsp3) is 0.250. The van der Waals surface area contributed by atoms with Crippen LogP contribution in [0.3, 0.4) is 0 Å². The second-order valence-corrected chi connectivity index (χ2v) is 4.24. The SMILES string of the molecule is COc1cc(-c2nc(CN)cs2)sn1. The van der Waals surface area contributed by atoms with Gasteiger partial charge in [0.25, 0.3) is 0 Å². The highest BCUT2D eigenvalue weighted by molar-refractivity contribution is 7.18. The zero-order chi connectivity index (χ0) is 9.97. The van der Waals surface area contributed by atoms with Crippen LogP contribution in [0.15, 0.2) is 11.4 Å². The zero-order valence-corrected chi connectivity index (χ0v) is 9.19. The molecule has 0 aliphatic carbocycles. The minimum atomic E-state index is 0.479. The molecule has 2 heterocycles. The van der Waals surface area contributed by atoms with E-state index in [-0.39, 0.29) is 0 Å². The quantitative estimate of drug-likeness (QED) is 0.867. The highest BCUT2D eigenvalue weighted by atomic mass is 32.1. The minimum absolute atomic E-state index is 0.479. The van der Waals surface area contributed by atoms with E-state index in [2.05, 4.69) is 9.36 Å². The second kappa shape index (κ2) is 4.04. The van der Waals surface area contributed by atoms with Gasteiger partial charge in [0.15, 0.2) is 0 Å². The van der Waals surface area contributed by atoms with Crippen LogP contribution in [0.4, 0.5) is 0 Å². The summed E-state index contributed by atoms with van der Waals surface area (Å²) in [6.45, 7) is 0.479. The van der Waals surface area contributed by atoms with Crippen LogP contribution in [-0.2, 0) is 6.54 Å². The molecule has 2 rings (SSSR count). The van der Waals surface area contributed by atoms with Gasteiger partial charge in [0.2, 0.25) is 5.88 Å². The van der Waals surface area contributed by atoms with Crippen LogP contribution in [-0.4, -0.2) is 16.5 Å². The van der Waals surface area contributed by atoms with Crippen molar-refractivity contribution >= 4 is 22.9 Å². The van der Waals surface area contributed by atoms with Gasteiger partial charge in [-0.2, -0.15) is 4.37 Å². The van der Waals surface area contributed by atoms with E-state index < -0.39 is 0 Å². The van der Waals surface area contributed by atoms with E-state index in [0.717, 1.165) is 15.6 Å². The third-order valence-corrected chi connectivity index (χ3v) is 3.50. The molecule has 2 N–H and O–H groups in total. The molecule has 6 heteroatoms. The van der Waals surface area contributed by atoms with Gasteiger partial charge in [-0.15, -0.1) is 11.3 Å². The maximum absolute atomic E-state index is 5.48. The Labute approximate surface area is 89.5 Å². The summed E-state index contributed by atoms with van der Waals surface area (Å²) in [7, 11) is 1.60. The molecule has 4 nitrogen and oxygen atoms in total. The molecule has 2 aromatic heterocycles. The van der Waals surface area contributed by atoms with Crippen LogP contribution in [0.2, 0.25) is 0 Å². The molecule has 0 saturated heterocycles. The van der Waals surface area contributed by atoms with E-state index >= 15 is 0 Å². The van der Waals surface area contributed by atoms with E-state index in [1.807, 2.05) is 11.4 Å². The third kappa shape index (κ3) is 1.77. The summed E-state index contributed by atoms with van der Waals surface area (Å²) in [5.74, 6) is 0.634. The van der Waals surface area contributed by atoms with E-state index in [0.29, 0.717) is 12.4 Å². The smallest absolute Gasteiger partial charge is 0.225 e. The van der Waals surface area contributed by atoms with Crippen LogP contribution in [0.25, 0.3) is 9.88 Å². The average Bonchev–Trinajstić information content (AvgIpc) is 2.86. The number of ether oxygens (including phenoxy) is 1. The molecular weight excluding hydrogens is 218 g/mol. The largest absolute Gasteiger partial charge is 0.480 e. The molecule has 0 amide bonds. The van der Waals surface area contributed by atoms with Crippen molar-refractivity contribution in [1.82, 2.24) is 9.36 Å². The van der Waals surface area contributed by atoms with Crippen LogP contribution < -0.4 is 10.5 Å². The monoisotopic (exact) mass is 227 g/mol. The molecule has 0 aromatic carbocycles. The maximum atomic E-state index is 5.48. The predicted octanol–water partition coefficient (Wildman–Crippen LogP) is 1.73. The molecule has 0 radical (unpaired) electrons. The number of thiazole rings is 1. The molecule has 0 aliphatic heterocycles. The summed E-state index contributed by atoms with van der Waals surface area (Å²) in [6, 6.07) is 1.88. The first-order valence-electron chi connectivity index (χ1n) is 3.99. The van der Waals surface area contributed by atoms with Crippen molar-refractivity contribution in [1.29, 1.82) is 0 Å². The first kappa shape index (κ1) is 9.57. The van der Waals surface area contributed by atoms with E-state index in [4.69, 9.17) is 10.5 Å². The number of rotatable bonds is 3. The molecule has 0 spiro atoms. The summed E-state index contributed by atoms with van der Waals surface area (Å²) in [4.78, 5) is 5.37. The van der Waals surface area contributed by atoms with Crippen molar-refractivity contribution in [2.24, 2.45) is 5.73 Å². The summed E-state index contributed by atoms with van der Waals surface area (Å²) in [5.41, 5.74) is 6.39. The van der Waals surface area contributed by atoms with Crippen molar-refractivity contribution < 1.29 is 4.74 Å². The van der Waals surface area contributed by atoms with Gasteiger partial charge in [-0.05, 0) is 11.5 Å². The van der Waals surface area contributed by atoms with Crippen LogP contribution in [0.5, 0.6) is 5.88 Å². The highest BCUT2D eigenvalue weighted by Gasteiger charge is 2.08. The van der Waals surface area contributed by atoms with Gasteiger partial charge in [0, 0.05) is 18.0 Å². The first-order valence-corrected chi connectivity index (χ1v) is 5.64.